The van der Waals surface area contributed by atoms with Crippen LogP contribution >= 0.6 is 15.9 Å². The number of pyridine rings is 1. The lowest BCUT2D eigenvalue weighted by Gasteiger charge is -2.04. The van der Waals surface area contributed by atoms with E-state index in [4.69, 9.17) is 0 Å². The van der Waals surface area contributed by atoms with Crippen LogP contribution in [-0.2, 0) is 0 Å². The van der Waals surface area contributed by atoms with Gasteiger partial charge in [0.2, 0.25) is 0 Å². The molecule has 18 heavy (non-hydrogen) atoms. The minimum Gasteiger partial charge on any atom is -0.262 e. The molecule has 0 spiro atoms. The molecule has 0 aromatic carbocycles. The lowest BCUT2D eigenvalue weighted by atomic mass is 10.5. The summed E-state index contributed by atoms with van der Waals surface area (Å²) in [5.41, 5.74) is 1.38. The molecule has 0 radical (unpaired) electrons. The maximum atomic E-state index is 12.4. The summed E-state index contributed by atoms with van der Waals surface area (Å²) in [5.74, 6) is 0.508. The van der Waals surface area contributed by atoms with Crippen LogP contribution in [-0.4, -0.2) is 19.2 Å². The standard InChI is InChI=1S/C12H9BrN4O/c1-8-10(13)6-9-7-15-17(12(18)16(8)9)11-4-2-3-5-14-11/h2-7H,1H3. The molecule has 90 valence electrons. The number of fused-ring (bicyclic) bond motifs is 1. The molecular weight excluding hydrogens is 296 g/mol. The number of halogens is 1. The van der Waals surface area contributed by atoms with Gasteiger partial charge in [-0.3, -0.25) is 4.40 Å². The van der Waals surface area contributed by atoms with Gasteiger partial charge in [-0.2, -0.15) is 9.78 Å². The molecule has 0 atom stereocenters. The molecule has 0 fully saturated rings. The molecule has 3 rings (SSSR count). The third-order valence-electron chi connectivity index (χ3n) is 2.76. The summed E-state index contributed by atoms with van der Waals surface area (Å²) >= 11 is 3.41. The number of nitrogens with zero attached hydrogens (tertiary/aromatic N) is 4. The van der Waals surface area contributed by atoms with Crippen LogP contribution in [0.3, 0.4) is 0 Å². The van der Waals surface area contributed by atoms with Crippen molar-refractivity contribution < 1.29 is 0 Å². The highest BCUT2D eigenvalue weighted by atomic mass is 79.9. The van der Waals surface area contributed by atoms with E-state index in [0.717, 1.165) is 15.7 Å². The van der Waals surface area contributed by atoms with Crippen LogP contribution in [0.1, 0.15) is 5.69 Å². The Kier molecular flexibility index (Phi) is 2.52. The van der Waals surface area contributed by atoms with Crippen molar-refractivity contribution >= 4 is 21.4 Å². The first kappa shape index (κ1) is 11.2. The van der Waals surface area contributed by atoms with E-state index in [1.807, 2.05) is 19.1 Å². The largest absolute Gasteiger partial charge is 0.355 e. The van der Waals surface area contributed by atoms with Gasteiger partial charge in [0.15, 0.2) is 5.82 Å². The third-order valence-corrected chi connectivity index (χ3v) is 3.56. The van der Waals surface area contributed by atoms with Crippen molar-refractivity contribution in [3.63, 3.8) is 0 Å². The lowest BCUT2D eigenvalue weighted by Crippen LogP contribution is -2.28. The molecule has 0 unspecified atom stereocenters. The monoisotopic (exact) mass is 304 g/mol. The molecule has 0 bridgehead atoms. The van der Waals surface area contributed by atoms with Gasteiger partial charge in [0.05, 0.1) is 11.7 Å². The predicted octanol–water partition coefficient (Wildman–Crippen LogP) is 1.95. The van der Waals surface area contributed by atoms with E-state index in [2.05, 4.69) is 26.0 Å². The Hall–Kier alpha value is -1.95. The fraction of sp³-hybridized carbons (Fsp3) is 0.0833. The van der Waals surface area contributed by atoms with Gasteiger partial charge >= 0.3 is 5.69 Å². The Bertz CT molecular complexity index is 776. The summed E-state index contributed by atoms with van der Waals surface area (Å²) in [4.78, 5) is 16.5. The molecule has 0 aliphatic heterocycles. The number of aryl methyl sites for hydroxylation is 1. The highest BCUT2D eigenvalue weighted by molar-refractivity contribution is 9.10. The van der Waals surface area contributed by atoms with Gasteiger partial charge in [0.1, 0.15) is 0 Å². The maximum Gasteiger partial charge on any atom is 0.355 e. The second kappa shape index (κ2) is 4.06. The maximum absolute atomic E-state index is 12.4. The van der Waals surface area contributed by atoms with Crippen LogP contribution in [0, 0.1) is 6.92 Å². The first-order chi connectivity index (χ1) is 8.68. The molecular formula is C12H9BrN4O. The molecule has 0 N–H and O–H groups in total. The van der Waals surface area contributed by atoms with E-state index in [1.165, 1.54) is 4.68 Å². The first-order valence-electron chi connectivity index (χ1n) is 5.36. The van der Waals surface area contributed by atoms with Crippen molar-refractivity contribution in [3.8, 4) is 5.82 Å². The lowest BCUT2D eigenvalue weighted by molar-refractivity contribution is 0.725. The van der Waals surface area contributed by atoms with Crippen molar-refractivity contribution in [2.45, 2.75) is 6.92 Å². The van der Waals surface area contributed by atoms with Crippen LogP contribution in [0.4, 0.5) is 0 Å². The SMILES string of the molecule is Cc1c(Br)cc2cnn(-c3ccccn3)c(=O)n12. The Morgan fingerprint density at radius 1 is 1.33 bits per heavy atom. The molecule has 3 aromatic heterocycles. The second-order valence-corrected chi connectivity index (χ2v) is 4.72. The number of hydrogen-bond acceptors (Lipinski definition) is 3. The summed E-state index contributed by atoms with van der Waals surface area (Å²) in [6, 6.07) is 7.23. The Labute approximate surface area is 111 Å². The average molecular weight is 305 g/mol. The van der Waals surface area contributed by atoms with Crippen LogP contribution in [0.25, 0.3) is 11.3 Å². The zero-order valence-electron chi connectivity index (χ0n) is 9.54. The smallest absolute Gasteiger partial charge is 0.262 e. The van der Waals surface area contributed by atoms with Gasteiger partial charge in [-0.15, -0.1) is 0 Å². The highest BCUT2D eigenvalue weighted by Crippen LogP contribution is 2.19. The fourth-order valence-corrected chi connectivity index (χ4v) is 2.26. The van der Waals surface area contributed by atoms with Crippen molar-refractivity contribution in [2.24, 2.45) is 0 Å². The van der Waals surface area contributed by atoms with E-state index in [9.17, 15) is 4.79 Å². The van der Waals surface area contributed by atoms with Crippen LogP contribution in [0.2, 0.25) is 0 Å². The molecule has 0 aliphatic carbocycles. The van der Waals surface area contributed by atoms with E-state index in [-0.39, 0.29) is 5.69 Å². The Morgan fingerprint density at radius 2 is 2.17 bits per heavy atom. The number of rotatable bonds is 1. The third kappa shape index (κ3) is 1.57. The average Bonchev–Trinajstić information content (AvgIpc) is 2.67. The van der Waals surface area contributed by atoms with E-state index < -0.39 is 0 Å². The molecule has 5 nitrogen and oxygen atoms in total. The summed E-state index contributed by atoms with van der Waals surface area (Å²) < 4.78 is 3.78. The minimum absolute atomic E-state index is 0.227. The normalized spacial score (nSPS) is 11.0. The zero-order chi connectivity index (χ0) is 12.7. The van der Waals surface area contributed by atoms with Crippen LogP contribution in [0.15, 0.2) is 45.9 Å². The quantitative estimate of drug-likeness (QED) is 0.690. The number of hydrogen-bond donors (Lipinski definition) is 0. The summed E-state index contributed by atoms with van der Waals surface area (Å²) in [7, 11) is 0. The van der Waals surface area contributed by atoms with E-state index in [0.29, 0.717) is 5.82 Å². The minimum atomic E-state index is -0.227. The Balaban J connectivity index is 2.37. The zero-order valence-corrected chi connectivity index (χ0v) is 11.1. The molecule has 6 heteroatoms. The fourth-order valence-electron chi connectivity index (χ4n) is 1.85. The Morgan fingerprint density at radius 3 is 2.89 bits per heavy atom. The van der Waals surface area contributed by atoms with Gasteiger partial charge in [-0.05, 0) is 41.1 Å². The van der Waals surface area contributed by atoms with Crippen molar-refractivity contribution in [3.05, 3.63) is 57.3 Å². The van der Waals surface area contributed by atoms with Gasteiger partial charge in [-0.25, -0.2) is 9.78 Å². The molecule has 0 saturated heterocycles. The van der Waals surface area contributed by atoms with Gasteiger partial charge < -0.3 is 0 Å². The van der Waals surface area contributed by atoms with Crippen LogP contribution in [0.5, 0.6) is 0 Å². The number of aromatic nitrogens is 4. The van der Waals surface area contributed by atoms with Gasteiger partial charge in [-0.1, -0.05) is 6.07 Å². The van der Waals surface area contributed by atoms with Crippen molar-refractivity contribution in [1.82, 2.24) is 19.2 Å². The predicted molar refractivity (Wildman–Crippen MR) is 71.0 cm³/mol. The first-order valence-corrected chi connectivity index (χ1v) is 6.15. The summed E-state index contributed by atoms with van der Waals surface area (Å²) in [6.07, 6.45) is 3.28. The molecule has 3 heterocycles. The summed E-state index contributed by atoms with van der Waals surface area (Å²) in [5, 5.41) is 4.13. The molecule has 0 aliphatic rings. The van der Waals surface area contributed by atoms with E-state index >= 15 is 0 Å². The van der Waals surface area contributed by atoms with Crippen molar-refractivity contribution in [1.29, 1.82) is 0 Å². The second-order valence-electron chi connectivity index (χ2n) is 3.86. The molecule has 0 saturated carbocycles. The topological polar surface area (TPSA) is 52.2 Å². The van der Waals surface area contributed by atoms with E-state index in [1.54, 1.807) is 28.9 Å². The van der Waals surface area contributed by atoms with Gasteiger partial charge in [0, 0.05) is 16.4 Å². The van der Waals surface area contributed by atoms with Crippen molar-refractivity contribution in [2.75, 3.05) is 0 Å². The molecule has 3 aromatic rings. The summed E-state index contributed by atoms with van der Waals surface area (Å²) in [6.45, 7) is 1.88. The highest BCUT2D eigenvalue weighted by Gasteiger charge is 2.10. The van der Waals surface area contributed by atoms with Crippen LogP contribution < -0.4 is 5.69 Å². The molecule has 0 amide bonds. The van der Waals surface area contributed by atoms with Gasteiger partial charge in [0.25, 0.3) is 0 Å².